The van der Waals surface area contributed by atoms with Crippen LogP contribution in [-0.4, -0.2) is 33.0 Å². The Morgan fingerprint density at radius 3 is 2.05 bits per heavy atom. The molecule has 0 spiro atoms. The smallest absolute Gasteiger partial charge is 0.399 e. The van der Waals surface area contributed by atoms with Gasteiger partial charge in [-0.05, 0) is 33.8 Å². The molecule has 0 bridgehead atoms. The van der Waals surface area contributed by atoms with Crippen LogP contribution in [0.2, 0.25) is 0 Å². The molecule has 1 aromatic carbocycles. The molecule has 1 fully saturated rings. The van der Waals surface area contributed by atoms with Crippen molar-refractivity contribution in [1.82, 2.24) is 0 Å². The van der Waals surface area contributed by atoms with Crippen LogP contribution in [0.3, 0.4) is 0 Å². The van der Waals surface area contributed by atoms with Gasteiger partial charge in [0, 0.05) is 11.7 Å². The van der Waals surface area contributed by atoms with Crippen molar-refractivity contribution in [2.24, 2.45) is 0 Å². The molecule has 20 heavy (non-hydrogen) atoms. The molecule has 0 N–H and O–H groups in total. The summed E-state index contributed by atoms with van der Waals surface area (Å²) in [5.74, 6) is -0.812. The number of rotatable bonds is 2. The Kier molecular flexibility index (Phi) is 3.52. The average molecular weight is 300 g/mol. The number of halogens is 1. The quantitative estimate of drug-likeness (QED) is 0.777. The molecule has 0 radical (unpaired) electrons. The van der Waals surface area contributed by atoms with Crippen LogP contribution in [0.1, 0.15) is 27.7 Å². The fourth-order valence-electron chi connectivity index (χ4n) is 1.97. The van der Waals surface area contributed by atoms with Crippen LogP contribution >= 0.6 is 0 Å². The molecule has 2 rings (SSSR count). The van der Waals surface area contributed by atoms with Gasteiger partial charge in [0.1, 0.15) is 10.7 Å². The van der Waals surface area contributed by atoms with Crippen molar-refractivity contribution < 1.29 is 22.1 Å². The standard InChI is InChI=1S/C13H18BFO4S/c1-12(2)13(3,4)19-14(18-12)9-7-6-8-10(11(9)15)20(5,16)17/h6-8H,1-5H3. The second-order valence-corrected chi connectivity index (χ2v) is 8.00. The van der Waals surface area contributed by atoms with E-state index >= 15 is 0 Å². The first-order valence-electron chi connectivity index (χ1n) is 6.30. The third-order valence-corrected chi connectivity index (χ3v) is 5.01. The van der Waals surface area contributed by atoms with Gasteiger partial charge < -0.3 is 9.31 Å². The zero-order valence-electron chi connectivity index (χ0n) is 12.2. The van der Waals surface area contributed by atoms with Gasteiger partial charge in [0.15, 0.2) is 9.84 Å². The summed E-state index contributed by atoms with van der Waals surface area (Å²) >= 11 is 0. The van der Waals surface area contributed by atoms with Crippen molar-refractivity contribution in [3.63, 3.8) is 0 Å². The largest absolute Gasteiger partial charge is 0.497 e. The van der Waals surface area contributed by atoms with Crippen LogP contribution < -0.4 is 5.46 Å². The van der Waals surface area contributed by atoms with E-state index in [-0.39, 0.29) is 10.4 Å². The molecule has 0 atom stereocenters. The molecular weight excluding hydrogens is 282 g/mol. The normalized spacial score (nSPS) is 21.2. The highest BCUT2D eigenvalue weighted by molar-refractivity contribution is 7.90. The van der Waals surface area contributed by atoms with Gasteiger partial charge in [0.25, 0.3) is 0 Å². The second kappa shape index (κ2) is 4.54. The molecule has 7 heteroatoms. The second-order valence-electron chi connectivity index (χ2n) is 6.02. The summed E-state index contributed by atoms with van der Waals surface area (Å²) in [7, 11) is -4.54. The summed E-state index contributed by atoms with van der Waals surface area (Å²) in [5, 5.41) is 0. The van der Waals surface area contributed by atoms with Crippen LogP contribution in [-0.2, 0) is 19.1 Å². The summed E-state index contributed by atoms with van der Waals surface area (Å²) in [6.07, 6.45) is 0.972. The van der Waals surface area contributed by atoms with Crippen molar-refractivity contribution in [3.05, 3.63) is 24.0 Å². The van der Waals surface area contributed by atoms with Gasteiger partial charge in [0.05, 0.1) is 11.2 Å². The molecule has 1 saturated heterocycles. The van der Waals surface area contributed by atoms with E-state index in [9.17, 15) is 12.8 Å². The van der Waals surface area contributed by atoms with Gasteiger partial charge in [0.2, 0.25) is 0 Å². The lowest BCUT2D eigenvalue weighted by Crippen LogP contribution is -2.41. The molecule has 0 saturated carbocycles. The van der Waals surface area contributed by atoms with E-state index in [1.165, 1.54) is 18.2 Å². The van der Waals surface area contributed by atoms with Gasteiger partial charge in [-0.25, -0.2) is 12.8 Å². The third kappa shape index (κ3) is 2.50. The van der Waals surface area contributed by atoms with Gasteiger partial charge in [-0.3, -0.25) is 0 Å². The van der Waals surface area contributed by atoms with Crippen LogP contribution in [0.5, 0.6) is 0 Å². The first-order chi connectivity index (χ1) is 8.96. The molecule has 4 nitrogen and oxygen atoms in total. The lowest BCUT2D eigenvalue weighted by atomic mass is 9.79. The average Bonchev–Trinajstić information content (AvgIpc) is 2.46. The van der Waals surface area contributed by atoms with Crippen LogP contribution in [0, 0.1) is 5.82 Å². The van der Waals surface area contributed by atoms with Crippen molar-refractivity contribution >= 4 is 22.4 Å². The molecule has 1 aromatic rings. The zero-order chi connectivity index (χ0) is 15.3. The topological polar surface area (TPSA) is 52.6 Å². The molecule has 1 aliphatic heterocycles. The lowest BCUT2D eigenvalue weighted by Gasteiger charge is -2.32. The van der Waals surface area contributed by atoms with Crippen LogP contribution in [0.15, 0.2) is 23.1 Å². The maximum atomic E-state index is 14.4. The van der Waals surface area contributed by atoms with Crippen LogP contribution in [0.25, 0.3) is 0 Å². The predicted molar refractivity (Wildman–Crippen MR) is 75.2 cm³/mol. The molecule has 1 heterocycles. The fraction of sp³-hybridized carbons (Fsp3) is 0.538. The predicted octanol–water partition coefficient (Wildman–Crippen LogP) is 1.53. The molecule has 110 valence electrons. The minimum absolute atomic E-state index is 0.103. The van der Waals surface area contributed by atoms with E-state index in [1.807, 2.05) is 27.7 Å². The summed E-state index contributed by atoms with van der Waals surface area (Å²) in [6.45, 7) is 7.41. The van der Waals surface area contributed by atoms with Crippen LogP contribution in [0.4, 0.5) is 4.39 Å². The maximum Gasteiger partial charge on any atom is 0.497 e. The number of sulfone groups is 1. The van der Waals surface area contributed by atoms with E-state index in [2.05, 4.69) is 0 Å². The summed E-state index contributed by atoms with van der Waals surface area (Å²) in [4.78, 5) is -0.343. The number of hydrogen-bond donors (Lipinski definition) is 0. The molecule has 0 unspecified atom stereocenters. The maximum absolute atomic E-state index is 14.4. The Morgan fingerprint density at radius 2 is 1.60 bits per heavy atom. The van der Waals surface area contributed by atoms with E-state index in [1.54, 1.807) is 0 Å². The molecular formula is C13H18BFO4S. The zero-order valence-corrected chi connectivity index (χ0v) is 13.0. The number of benzene rings is 1. The van der Waals surface area contributed by atoms with Gasteiger partial charge in [-0.2, -0.15) is 0 Å². The minimum Gasteiger partial charge on any atom is -0.399 e. The monoisotopic (exact) mass is 300 g/mol. The Bertz CT molecular complexity index is 624. The fourth-order valence-corrected chi connectivity index (χ4v) is 2.74. The van der Waals surface area contributed by atoms with Crippen molar-refractivity contribution in [1.29, 1.82) is 0 Å². The van der Waals surface area contributed by atoms with E-state index in [0.29, 0.717) is 0 Å². The van der Waals surface area contributed by atoms with Crippen molar-refractivity contribution in [2.75, 3.05) is 6.26 Å². The highest BCUT2D eigenvalue weighted by Crippen LogP contribution is 2.36. The lowest BCUT2D eigenvalue weighted by molar-refractivity contribution is 0.00578. The van der Waals surface area contributed by atoms with Gasteiger partial charge in [-0.1, -0.05) is 12.1 Å². The van der Waals surface area contributed by atoms with Gasteiger partial charge in [-0.15, -0.1) is 0 Å². The van der Waals surface area contributed by atoms with Crippen molar-refractivity contribution in [3.8, 4) is 0 Å². The Hall–Kier alpha value is -0.915. The van der Waals surface area contributed by atoms with Gasteiger partial charge >= 0.3 is 7.12 Å². The summed E-state index contributed by atoms with van der Waals surface area (Å²) < 4.78 is 49.0. The number of hydrogen-bond acceptors (Lipinski definition) is 4. The molecule has 0 aromatic heterocycles. The Labute approximate surface area is 119 Å². The molecule has 0 aliphatic carbocycles. The summed E-state index contributed by atoms with van der Waals surface area (Å²) in [6, 6.07) is 4.20. The molecule has 0 amide bonds. The van der Waals surface area contributed by atoms with E-state index in [4.69, 9.17) is 9.31 Å². The highest BCUT2D eigenvalue weighted by Gasteiger charge is 2.52. The first kappa shape index (κ1) is 15.5. The first-order valence-corrected chi connectivity index (χ1v) is 8.19. The third-order valence-electron chi connectivity index (χ3n) is 3.90. The molecule has 1 aliphatic rings. The Morgan fingerprint density at radius 1 is 1.10 bits per heavy atom. The van der Waals surface area contributed by atoms with Crippen molar-refractivity contribution in [2.45, 2.75) is 43.8 Å². The minimum atomic E-state index is -3.63. The Balaban J connectivity index is 2.47. The van der Waals surface area contributed by atoms with E-state index < -0.39 is 34.0 Å². The SMILES string of the molecule is CC1(C)OB(c2cccc(S(C)(=O)=O)c2F)OC1(C)C. The van der Waals surface area contributed by atoms with E-state index in [0.717, 1.165) is 6.26 Å². The highest BCUT2D eigenvalue weighted by atomic mass is 32.2. The summed E-state index contributed by atoms with van der Waals surface area (Å²) in [5.41, 5.74) is -1.11.